The summed E-state index contributed by atoms with van der Waals surface area (Å²) >= 11 is 1.50. The average Bonchev–Trinajstić information content (AvgIpc) is 3.40. The van der Waals surface area contributed by atoms with E-state index >= 15 is 0 Å². The summed E-state index contributed by atoms with van der Waals surface area (Å²) in [6.07, 6.45) is 5.28. The van der Waals surface area contributed by atoms with Gasteiger partial charge in [0.2, 0.25) is 15.9 Å². The second-order valence-corrected chi connectivity index (χ2v) is 10.3. The van der Waals surface area contributed by atoms with Crippen LogP contribution in [0.5, 0.6) is 11.5 Å². The molecule has 0 spiro atoms. The second-order valence-electron chi connectivity index (χ2n) is 7.38. The molecule has 0 radical (unpaired) electrons. The Morgan fingerprint density at radius 1 is 1.17 bits per heavy atom. The maximum absolute atomic E-state index is 13.3. The van der Waals surface area contributed by atoms with Crippen molar-refractivity contribution >= 4 is 32.4 Å². The van der Waals surface area contributed by atoms with Gasteiger partial charge in [-0.2, -0.15) is 4.31 Å². The monoisotopic (exact) mass is 451 g/mol. The van der Waals surface area contributed by atoms with Gasteiger partial charge in [-0.1, -0.05) is 0 Å². The molecular formula is C20H25N3O5S2. The minimum Gasteiger partial charge on any atom is -0.493 e. The first-order valence-electron chi connectivity index (χ1n) is 9.97. The largest absolute Gasteiger partial charge is 0.493 e. The third kappa shape index (κ3) is 3.91. The van der Waals surface area contributed by atoms with Crippen molar-refractivity contribution in [3.8, 4) is 11.5 Å². The van der Waals surface area contributed by atoms with Gasteiger partial charge in [-0.15, -0.1) is 11.3 Å². The third-order valence-corrected chi connectivity index (χ3v) is 8.52. The molecule has 162 valence electrons. The number of fused-ring (bicyclic) bond motifs is 1. The van der Waals surface area contributed by atoms with Crippen molar-refractivity contribution in [2.24, 2.45) is 0 Å². The molecule has 10 heteroatoms. The molecule has 0 saturated carbocycles. The first kappa shape index (κ1) is 21.1. The summed E-state index contributed by atoms with van der Waals surface area (Å²) in [5, 5.41) is 3.41. The molecule has 4 rings (SSSR count). The second kappa shape index (κ2) is 8.52. The SMILES string of the molecule is COc1ccc(S(=O)(=O)N2CCCC2C(=O)Nc2nc3c(s2)CCCC3)cc1OC. The van der Waals surface area contributed by atoms with E-state index in [0.717, 1.165) is 31.4 Å². The van der Waals surface area contributed by atoms with Gasteiger partial charge in [-0.25, -0.2) is 13.4 Å². The molecular weight excluding hydrogens is 426 g/mol. The molecule has 1 aromatic carbocycles. The van der Waals surface area contributed by atoms with E-state index < -0.39 is 16.1 Å². The van der Waals surface area contributed by atoms with Crippen LogP contribution in [-0.4, -0.2) is 50.4 Å². The van der Waals surface area contributed by atoms with Gasteiger partial charge in [0, 0.05) is 17.5 Å². The van der Waals surface area contributed by atoms with E-state index in [1.165, 1.54) is 46.9 Å². The standard InChI is InChI=1S/C20H25N3O5S2/c1-27-16-10-9-13(12-17(16)28-2)30(25,26)23-11-5-7-15(23)19(24)22-20-21-14-6-3-4-8-18(14)29-20/h9-10,12,15H,3-8,11H2,1-2H3,(H,21,22,24). The number of benzene rings is 1. The lowest BCUT2D eigenvalue weighted by Crippen LogP contribution is -2.43. The predicted molar refractivity (Wildman–Crippen MR) is 114 cm³/mol. The van der Waals surface area contributed by atoms with Crippen LogP contribution in [0.3, 0.4) is 0 Å². The van der Waals surface area contributed by atoms with E-state index in [-0.39, 0.29) is 10.8 Å². The van der Waals surface area contributed by atoms with Crippen molar-refractivity contribution in [1.82, 2.24) is 9.29 Å². The Labute approximate surface area is 180 Å². The van der Waals surface area contributed by atoms with Crippen LogP contribution in [-0.2, 0) is 27.7 Å². The third-order valence-electron chi connectivity index (χ3n) is 5.54. The summed E-state index contributed by atoms with van der Waals surface area (Å²) in [6, 6.07) is 3.69. The number of sulfonamides is 1. The van der Waals surface area contributed by atoms with Crippen LogP contribution in [0, 0.1) is 0 Å². The zero-order valence-corrected chi connectivity index (χ0v) is 18.6. The van der Waals surface area contributed by atoms with Crippen LogP contribution in [0.15, 0.2) is 23.1 Å². The Kier molecular flexibility index (Phi) is 5.99. The summed E-state index contributed by atoms with van der Waals surface area (Å²) < 4.78 is 38.2. The Morgan fingerprint density at radius 2 is 1.93 bits per heavy atom. The summed E-state index contributed by atoms with van der Waals surface area (Å²) in [6.45, 7) is 0.295. The number of hydrogen-bond donors (Lipinski definition) is 1. The van der Waals surface area contributed by atoms with Gasteiger partial charge in [0.15, 0.2) is 16.6 Å². The Balaban J connectivity index is 1.55. The van der Waals surface area contributed by atoms with Crippen LogP contribution < -0.4 is 14.8 Å². The number of carbonyl (C=O) groups is 1. The number of hydrogen-bond acceptors (Lipinski definition) is 7. The van der Waals surface area contributed by atoms with E-state index in [2.05, 4.69) is 10.3 Å². The highest BCUT2D eigenvalue weighted by Gasteiger charge is 2.40. The van der Waals surface area contributed by atoms with Crippen LogP contribution in [0.1, 0.15) is 36.3 Å². The fourth-order valence-corrected chi connectivity index (χ4v) is 6.72. The van der Waals surface area contributed by atoms with E-state index in [9.17, 15) is 13.2 Å². The quantitative estimate of drug-likeness (QED) is 0.725. The van der Waals surface area contributed by atoms with Crippen molar-refractivity contribution in [3.05, 3.63) is 28.8 Å². The molecule has 1 amide bonds. The van der Waals surface area contributed by atoms with Gasteiger partial charge in [0.05, 0.1) is 24.8 Å². The Morgan fingerprint density at radius 3 is 2.67 bits per heavy atom. The molecule has 0 bridgehead atoms. The Hall–Kier alpha value is -2.17. The maximum atomic E-state index is 13.3. The predicted octanol–water partition coefficient (Wildman–Crippen LogP) is 2.83. The highest BCUT2D eigenvalue weighted by molar-refractivity contribution is 7.89. The van der Waals surface area contributed by atoms with Crippen molar-refractivity contribution in [1.29, 1.82) is 0 Å². The zero-order chi connectivity index (χ0) is 21.3. The number of rotatable bonds is 6. The van der Waals surface area contributed by atoms with Gasteiger partial charge in [-0.3, -0.25) is 4.79 Å². The highest BCUT2D eigenvalue weighted by atomic mass is 32.2. The molecule has 1 fully saturated rings. The van der Waals surface area contributed by atoms with Gasteiger partial charge in [0.25, 0.3) is 0 Å². The maximum Gasteiger partial charge on any atom is 0.244 e. The molecule has 1 saturated heterocycles. The van der Waals surface area contributed by atoms with E-state index in [4.69, 9.17) is 9.47 Å². The van der Waals surface area contributed by atoms with E-state index in [0.29, 0.717) is 36.0 Å². The van der Waals surface area contributed by atoms with Crippen LogP contribution in [0.2, 0.25) is 0 Å². The highest BCUT2D eigenvalue weighted by Crippen LogP contribution is 2.34. The number of anilines is 1. The summed E-state index contributed by atoms with van der Waals surface area (Å²) in [7, 11) is -0.923. The number of amides is 1. The number of aromatic nitrogens is 1. The van der Waals surface area contributed by atoms with Gasteiger partial charge in [-0.05, 0) is 50.7 Å². The number of aryl methyl sites for hydroxylation is 2. The van der Waals surface area contributed by atoms with Crippen molar-refractivity contribution in [2.45, 2.75) is 49.5 Å². The summed E-state index contributed by atoms with van der Waals surface area (Å²) in [4.78, 5) is 18.8. The molecule has 2 aromatic rings. The molecule has 1 unspecified atom stereocenters. The average molecular weight is 452 g/mol. The molecule has 1 atom stereocenters. The van der Waals surface area contributed by atoms with Gasteiger partial charge < -0.3 is 14.8 Å². The molecule has 2 aliphatic rings. The molecule has 1 aromatic heterocycles. The molecule has 1 aliphatic carbocycles. The summed E-state index contributed by atoms with van der Waals surface area (Å²) in [5.41, 5.74) is 1.06. The van der Waals surface area contributed by atoms with Crippen LogP contribution in [0.25, 0.3) is 0 Å². The fourth-order valence-electron chi connectivity index (χ4n) is 4.00. The van der Waals surface area contributed by atoms with Gasteiger partial charge in [0.1, 0.15) is 6.04 Å². The van der Waals surface area contributed by atoms with E-state index in [1.807, 2.05) is 0 Å². The number of ether oxygens (including phenoxy) is 2. The minimum atomic E-state index is -3.87. The molecule has 30 heavy (non-hydrogen) atoms. The fraction of sp³-hybridized carbons (Fsp3) is 0.500. The topological polar surface area (TPSA) is 97.8 Å². The lowest BCUT2D eigenvalue weighted by molar-refractivity contribution is -0.119. The number of carbonyl (C=O) groups excluding carboxylic acids is 1. The molecule has 1 aliphatic heterocycles. The minimum absolute atomic E-state index is 0.0737. The smallest absolute Gasteiger partial charge is 0.244 e. The first-order valence-corrected chi connectivity index (χ1v) is 12.2. The molecule has 1 N–H and O–H groups in total. The lowest BCUT2D eigenvalue weighted by Gasteiger charge is -2.23. The number of nitrogens with one attached hydrogen (secondary N) is 1. The lowest BCUT2D eigenvalue weighted by atomic mass is 10.0. The first-order chi connectivity index (χ1) is 14.4. The number of thiazole rings is 1. The van der Waals surface area contributed by atoms with Crippen molar-refractivity contribution in [2.75, 3.05) is 26.1 Å². The van der Waals surface area contributed by atoms with Crippen molar-refractivity contribution < 1.29 is 22.7 Å². The van der Waals surface area contributed by atoms with Crippen molar-refractivity contribution in [3.63, 3.8) is 0 Å². The molecule has 8 nitrogen and oxygen atoms in total. The summed E-state index contributed by atoms with van der Waals surface area (Å²) in [5.74, 6) is 0.440. The zero-order valence-electron chi connectivity index (χ0n) is 17.0. The molecule has 2 heterocycles. The normalized spacial score (nSPS) is 19.3. The number of methoxy groups -OCH3 is 2. The van der Waals surface area contributed by atoms with Crippen LogP contribution >= 0.6 is 11.3 Å². The van der Waals surface area contributed by atoms with Gasteiger partial charge >= 0.3 is 0 Å². The number of nitrogens with zero attached hydrogens (tertiary/aromatic N) is 2. The van der Waals surface area contributed by atoms with Crippen LogP contribution in [0.4, 0.5) is 5.13 Å². The Bertz CT molecular complexity index is 1030. The van der Waals surface area contributed by atoms with E-state index in [1.54, 1.807) is 6.07 Å².